The molecule has 0 spiro atoms. The molecule has 0 amide bonds. The fourth-order valence-electron chi connectivity index (χ4n) is 0.829. The molecule has 7 heteroatoms. The summed E-state index contributed by atoms with van der Waals surface area (Å²) in [5.74, 6) is -1.74. The van der Waals surface area contributed by atoms with Crippen LogP contribution in [0.3, 0.4) is 0 Å². The maximum atomic E-state index is 9.90. The van der Waals surface area contributed by atoms with E-state index in [0.717, 1.165) is 0 Å². The Morgan fingerprint density at radius 2 is 1.44 bits per heavy atom. The van der Waals surface area contributed by atoms with E-state index in [0.29, 0.717) is 17.6 Å². The van der Waals surface area contributed by atoms with Gasteiger partial charge >= 0.3 is 11.9 Å². The van der Waals surface area contributed by atoms with Crippen molar-refractivity contribution in [2.24, 2.45) is 0 Å². The predicted octanol–water partition coefficient (Wildman–Crippen LogP) is 1.79. The molecule has 1 aromatic rings. The van der Waals surface area contributed by atoms with Crippen LogP contribution in [0.5, 0.6) is 0 Å². The Labute approximate surface area is 97.3 Å². The van der Waals surface area contributed by atoms with Gasteiger partial charge in [0.25, 0.3) is 0 Å². The lowest BCUT2D eigenvalue weighted by molar-refractivity contribution is -0.139. The van der Waals surface area contributed by atoms with Crippen molar-refractivity contribution in [2.45, 2.75) is 25.7 Å². The monoisotopic (exact) mass is 246 g/mol. The van der Waals surface area contributed by atoms with Gasteiger partial charge in [0.05, 0.1) is 0 Å². The molecular weight excluding hydrogens is 232 g/mol. The highest BCUT2D eigenvalue weighted by Gasteiger charge is 1.99. The summed E-state index contributed by atoms with van der Waals surface area (Å²) in [5.41, 5.74) is 0. The van der Waals surface area contributed by atoms with Crippen LogP contribution in [-0.4, -0.2) is 32.1 Å². The number of hydrogen-bond acceptors (Lipinski definition) is 3. The first-order valence-corrected chi connectivity index (χ1v) is 5.09. The van der Waals surface area contributed by atoms with Crippen molar-refractivity contribution < 1.29 is 19.8 Å². The van der Waals surface area contributed by atoms with Crippen LogP contribution in [0.4, 0.5) is 0 Å². The fourth-order valence-corrected chi connectivity index (χ4v) is 0.965. The maximum Gasteiger partial charge on any atom is 0.303 e. The molecule has 0 aromatic carbocycles. The molecule has 0 unspecified atom stereocenters. The van der Waals surface area contributed by atoms with E-state index >= 15 is 0 Å². The number of carbonyl (C=O) groups is 2. The highest BCUT2D eigenvalue weighted by Crippen LogP contribution is 1.98. The van der Waals surface area contributed by atoms with E-state index in [9.17, 15) is 9.59 Å². The van der Waals surface area contributed by atoms with Gasteiger partial charge in [-0.15, -0.1) is 0 Å². The van der Waals surface area contributed by atoms with Crippen molar-refractivity contribution in [1.82, 2.24) is 9.97 Å². The molecule has 0 radical (unpaired) electrons. The van der Waals surface area contributed by atoms with Crippen LogP contribution >= 0.6 is 12.2 Å². The SMILES string of the molecule is O=C(O)CCCCC(=O)O.S=c1[nH]cc[nH]1. The highest BCUT2D eigenvalue weighted by molar-refractivity contribution is 7.71. The van der Waals surface area contributed by atoms with Gasteiger partial charge < -0.3 is 20.2 Å². The second kappa shape index (κ2) is 8.66. The lowest BCUT2D eigenvalue weighted by atomic mass is 10.2. The van der Waals surface area contributed by atoms with Gasteiger partial charge in [-0.1, -0.05) is 0 Å². The van der Waals surface area contributed by atoms with E-state index in [1.165, 1.54) is 0 Å². The van der Waals surface area contributed by atoms with Gasteiger partial charge in [0.2, 0.25) is 0 Å². The minimum atomic E-state index is -0.870. The van der Waals surface area contributed by atoms with Gasteiger partial charge in [0.1, 0.15) is 0 Å². The van der Waals surface area contributed by atoms with E-state index in [1.54, 1.807) is 12.4 Å². The molecule has 0 bridgehead atoms. The summed E-state index contributed by atoms with van der Waals surface area (Å²) in [6.45, 7) is 0. The second-order valence-corrected chi connectivity index (χ2v) is 3.35. The highest BCUT2D eigenvalue weighted by atomic mass is 32.1. The molecule has 0 saturated carbocycles. The number of hydrogen-bond donors (Lipinski definition) is 4. The number of nitrogens with one attached hydrogen (secondary N) is 2. The third kappa shape index (κ3) is 10.5. The number of aliphatic carboxylic acids is 2. The van der Waals surface area contributed by atoms with E-state index in [-0.39, 0.29) is 12.8 Å². The second-order valence-electron chi connectivity index (χ2n) is 2.95. The fraction of sp³-hybridized carbons (Fsp3) is 0.444. The van der Waals surface area contributed by atoms with Crippen LogP contribution in [-0.2, 0) is 9.59 Å². The van der Waals surface area contributed by atoms with Gasteiger partial charge in [0.15, 0.2) is 4.77 Å². The normalized spacial score (nSPS) is 9.00. The Hall–Kier alpha value is -1.63. The molecule has 16 heavy (non-hydrogen) atoms. The minimum absolute atomic E-state index is 0.0628. The first-order chi connectivity index (χ1) is 7.52. The average molecular weight is 246 g/mol. The Morgan fingerprint density at radius 1 is 1.06 bits per heavy atom. The van der Waals surface area contributed by atoms with E-state index in [2.05, 4.69) is 22.2 Å². The summed E-state index contributed by atoms with van der Waals surface area (Å²) in [6.07, 6.45) is 4.52. The average Bonchev–Trinajstić information content (AvgIpc) is 2.64. The van der Waals surface area contributed by atoms with Gasteiger partial charge in [-0.05, 0) is 25.1 Å². The summed E-state index contributed by atoms with van der Waals surface area (Å²) in [6, 6.07) is 0. The van der Waals surface area contributed by atoms with Crippen molar-refractivity contribution >= 4 is 24.2 Å². The molecule has 90 valence electrons. The third-order valence-electron chi connectivity index (χ3n) is 1.54. The molecular formula is C9H14N2O4S. The zero-order valence-electron chi connectivity index (χ0n) is 8.60. The van der Waals surface area contributed by atoms with E-state index in [4.69, 9.17) is 10.2 Å². The van der Waals surface area contributed by atoms with Crippen LogP contribution in [0, 0.1) is 4.77 Å². The third-order valence-corrected chi connectivity index (χ3v) is 1.78. The van der Waals surface area contributed by atoms with Crippen molar-refractivity contribution in [3.05, 3.63) is 17.2 Å². The molecule has 1 heterocycles. The Bertz CT molecular complexity index is 339. The zero-order chi connectivity index (χ0) is 12.4. The lowest BCUT2D eigenvalue weighted by Gasteiger charge is -1.92. The number of aromatic amines is 2. The van der Waals surface area contributed by atoms with Crippen LogP contribution < -0.4 is 0 Å². The van der Waals surface area contributed by atoms with Crippen molar-refractivity contribution in [2.75, 3.05) is 0 Å². The van der Waals surface area contributed by atoms with Gasteiger partial charge in [0, 0.05) is 25.2 Å². The molecule has 0 aliphatic rings. The van der Waals surface area contributed by atoms with Crippen LogP contribution in [0.1, 0.15) is 25.7 Å². The van der Waals surface area contributed by atoms with Crippen LogP contribution in [0.15, 0.2) is 12.4 Å². The lowest BCUT2D eigenvalue weighted by Crippen LogP contribution is -1.97. The quantitative estimate of drug-likeness (QED) is 0.468. The molecule has 0 aliphatic carbocycles. The maximum absolute atomic E-state index is 9.90. The van der Waals surface area contributed by atoms with Gasteiger partial charge in [-0.3, -0.25) is 9.59 Å². The summed E-state index contributed by atoms with van der Waals surface area (Å²) in [4.78, 5) is 25.3. The number of imidazole rings is 1. The summed E-state index contributed by atoms with van der Waals surface area (Å²) in [7, 11) is 0. The van der Waals surface area contributed by atoms with Crippen LogP contribution in [0.25, 0.3) is 0 Å². The van der Waals surface area contributed by atoms with Gasteiger partial charge in [-0.25, -0.2) is 0 Å². The minimum Gasteiger partial charge on any atom is -0.481 e. The summed E-state index contributed by atoms with van der Waals surface area (Å²) < 4.78 is 0.676. The van der Waals surface area contributed by atoms with Crippen molar-refractivity contribution in [3.8, 4) is 0 Å². The number of H-pyrrole nitrogens is 2. The topological polar surface area (TPSA) is 106 Å². The molecule has 0 atom stereocenters. The number of rotatable bonds is 5. The molecule has 4 N–H and O–H groups in total. The number of unbranched alkanes of at least 4 members (excludes halogenated alkanes) is 1. The van der Waals surface area contributed by atoms with Crippen molar-refractivity contribution in [1.29, 1.82) is 0 Å². The number of carboxylic acid groups (broad SMARTS) is 2. The Balaban J connectivity index is 0.000000315. The number of carboxylic acids is 2. The predicted molar refractivity (Wildman–Crippen MR) is 59.7 cm³/mol. The van der Waals surface area contributed by atoms with Crippen LogP contribution in [0.2, 0.25) is 0 Å². The largest absolute Gasteiger partial charge is 0.481 e. The molecule has 1 rings (SSSR count). The summed E-state index contributed by atoms with van der Waals surface area (Å²) in [5, 5.41) is 16.3. The smallest absolute Gasteiger partial charge is 0.303 e. The molecule has 0 fully saturated rings. The van der Waals surface area contributed by atoms with Crippen molar-refractivity contribution in [3.63, 3.8) is 0 Å². The first kappa shape index (κ1) is 14.4. The first-order valence-electron chi connectivity index (χ1n) is 4.68. The van der Waals surface area contributed by atoms with E-state index in [1.807, 2.05) is 0 Å². The summed E-state index contributed by atoms with van der Waals surface area (Å²) >= 11 is 4.63. The molecule has 6 nitrogen and oxygen atoms in total. The molecule has 0 aliphatic heterocycles. The van der Waals surface area contributed by atoms with E-state index < -0.39 is 11.9 Å². The Morgan fingerprint density at radius 3 is 1.62 bits per heavy atom. The molecule has 1 aromatic heterocycles. The van der Waals surface area contributed by atoms with Gasteiger partial charge in [-0.2, -0.15) is 0 Å². The number of aromatic nitrogens is 2. The zero-order valence-corrected chi connectivity index (χ0v) is 9.42. The molecule has 0 saturated heterocycles. The Kier molecular flexibility index (Phi) is 7.78. The standard InChI is InChI=1S/C6H10O4.C3H4N2S/c7-5(8)3-1-2-4-6(9)10;6-3-4-1-2-5-3/h1-4H2,(H,7,8)(H,9,10);1-2H,(H2,4,5,6).